The Labute approximate surface area is 171 Å². The largest absolute Gasteiger partial charge is 0.468 e. The van der Waals surface area contributed by atoms with Gasteiger partial charge in [-0.3, -0.25) is 29.0 Å². The lowest BCUT2D eigenvalue weighted by molar-refractivity contribution is -0.146. The first-order valence-electron chi connectivity index (χ1n) is 8.29. The fraction of sp³-hybridized carbons (Fsp3) is 0.625. The van der Waals surface area contributed by atoms with E-state index in [1.807, 2.05) is 0 Å². The fourth-order valence-corrected chi connectivity index (χ4v) is 1.69. The summed E-state index contributed by atoms with van der Waals surface area (Å²) in [7, 11) is 4.38. The zero-order chi connectivity index (χ0) is 23.1. The van der Waals surface area contributed by atoms with E-state index in [2.05, 4.69) is 18.9 Å². The SMILES string of the molecule is COC(=O)CN(CC(=O)OC)C(=O)OCCOC(=O)N(CC(=O)OC)CC(=O)OC. The molecular formula is C16H24N2O12. The van der Waals surface area contributed by atoms with Gasteiger partial charge in [0.15, 0.2) is 0 Å². The van der Waals surface area contributed by atoms with Crippen LogP contribution in [0.15, 0.2) is 0 Å². The smallest absolute Gasteiger partial charge is 0.410 e. The third-order valence-electron chi connectivity index (χ3n) is 3.24. The summed E-state index contributed by atoms with van der Waals surface area (Å²) in [5, 5.41) is 0. The van der Waals surface area contributed by atoms with Crippen molar-refractivity contribution in [3.63, 3.8) is 0 Å². The molecule has 0 radical (unpaired) electrons. The molecule has 0 N–H and O–H groups in total. The normalized spacial score (nSPS) is 9.60. The third kappa shape index (κ3) is 10.7. The van der Waals surface area contributed by atoms with Crippen LogP contribution < -0.4 is 0 Å². The van der Waals surface area contributed by atoms with Crippen LogP contribution in [0.5, 0.6) is 0 Å². The minimum atomic E-state index is -1.07. The molecule has 0 aliphatic carbocycles. The summed E-state index contributed by atoms with van der Waals surface area (Å²) in [4.78, 5) is 70.8. The van der Waals surface area contributed by atoms with Crippen molar-refractivity contribution in [2.45, 2.75) is 0 Å². The number of amides is 2. The van der Waals surface area contributed by atoms with Gasteiger partial charge in [-0.05, 0) is 0 Å². The van der Waals surface area contributed by atoms with Gasteiger partial charge >= 0.3 is 36.1 Å². The molecular weight excluding hydrogens is 412 g/mol. The third-order valence-corrected chi connectivity index (χ3v) is 3.24. The van der Waals surface area contributed by atoms with E-state index in [1.165, 1.54) is 0 Å². The Morgan fingerprint density at radius 3 is 0.933 bits per heavy atom. The second-order valence-electron chi connectivity index (χ2n) is 5.25. The van der Waals surface area contributed by atoms with E-state index >= 15 is 0 Å². The predicted octanol–water partition coefficient (Wildman–Crippen LogP) is -1.44. The molecule has 0 aliphatic heterocycles. The molecule has 0 spiro atoms. The minimum absolute atomic E-state index is 0.451. The second-order valence-corrected chi connectivity index (χ2v) is 5.25. The predicted molar refractivity (Wildman–Crippen MR) is 93.9 cm³/mol. The molecule has 0 aliphatic rings. The molecule has 170 valence electrons. The Morgan fingerprint density at radius 2 is 0.733 bits per heavy atom. The highest BCUT2D eigenvalue weighted by atomic mass is 16.6. The minimum Gasteiger partial charge on any atom is -0.468 e. The molecule has 0 saturated carbocycles. The van der Waals surface area contributed by atoms with Crippen molar-refractivity contribution in [3.8, 4) is 0 Å². The van der Waals surface area contributed by atoms with Crippen molar-refractivity contribution in [2.24, 2.45) is 0 Å². The average Bonchev–Trinajstić information content (AvgIpc) is 2.74. The van der Waals surface area contributed by atoms with Gasteiger partial charge in [-0.1, -0.05) is 0 Å². The number of nitrogens with zero attached hydrogens (tertiary/aromatic N) is 2. The summed E-state index contributed by atoms with van der Waals surface area (Å²) in [5.74, 6) is -3.21. The molecule has 14 heteroatoms. The van der Waals surface area contributed by atoms with Crippen LogP contribution in [0.25, 0.3) is 0 Å². The summed E-state index contributed by atoms with van der Waals surface area (Å²) < 4.78 is 27.3. The maximum Gasteiger partial charge on any atom is 0.410 e. The Bertz CT molecular complexity index is 546. The Morgan fingerprint density at radius 1 is 0.500 bits per heavy atom. The van der Waals surface area contributed by atoms with E-state index in [9.17, 15) is 28.8 Å². The summed E-state index contributed by atoms with van der Waals surface area (Å²) in [6.07, 6.45) is -2.13. The zero-order valence-corrected chi connectivity index (χ0v) is 17.0. The number of carbonyl (C=O) groups excluding carboxylic acids is 6. The van der Waals surface area contributed by atoms with Gasteiger partial charge in [0.2, 0.25) is 0 Å². The molecule has 14 nitrogen and oxygen atoms in total. The van der Waals surface area contributed by atoms with E-state index in [0.717, 1.165) is 38.2 Å². The molecule has 30 heavy (non-hydrogen) atoms. The van der Waals surface area contributed by atoms with Crippen LogP contribution >= 0.6 is 0 Å². The zero-order valence-electron chi connectivity index (χ0n) is 17.0. The highest BCUT2D eigenvalue weighted by molar-refractivity contribution is 5.83. The van der Waals surface area contributed by atoms with Crippen LogP contribution in [-0.2, 0) is 47.6 Å². The fourth-order valence-electron chi connectivity index (χ4n) is 1.69. The van der Waals surface area contributed by atoms with Crippen molar-refractivity contribution >= 4 is 36.1 Å². The number of rotatable bonds is 11. The number of methoxy groups -OCH3 is 4. The van der Waals surface area contributed by atoms with Crippen molar-refractivity contribution in [2.75, 3.05) is 67.8 Å². The first-order chi connectivity index (χ1) is 14.2. The molecule has 0 aromatic rings. The van der Waals surface area contributed by atoms with Crippen LogP contribution in [0.4, 0.5) is 9.59 Å². The molecule has 0 fully saturated rings. The molecule has 0 aromatic heterocycles. The molecule has 0 saturated heterocycles. The second kappa shape index (κ2) is 14.4. The first kappa shape index (κ1) is 26.4. The molecule has 0 rings (SSSR count). The van der Waals surface area contributed by atoms with Crippen molar-refractivity contribution in [3.05, 3.63) is 0 Å². The number of hydrogen-bond donors (Lipinski definition) is 0. The van der Waals surface area contributed by atoms with Gasteiger partial charge in [-0.2, -0.15) is 0 Å². The van der Waals surface area contributed by atoms with Gasteiger partial charge in [0.1, 0.15) is 39.4 Å². The summed E-state index contributed by atoms with van der Waals surface area (Å²) in [6.45, 7) is -3.19. The monoisotopic (exact) mass is 436 g/mol. The molecule has 0 unspecified atom stereocenters. The van der Waals surface area contributed by atoms with Gasteiger partial charge in [0.05, 0.1) is 28.4 Å². The van der Waals surface area contributed by atoms with Crippen molar-refractivity contribution < 1.29 is 57.2 Å². The number of hydrogen-bond acceptors (Lipinski definition) is 12. The average molecular weight is 436 g/mol. The highest BCUT2D eigenvalue weighted by Gasteiger charge is 2.24. The molecule has 0 aromatic carbocycles. The first-order valence-corrected chi connectivity index (χ1v) is 8.29. The Kier molecular flexibility index (Phi) is 12.7. The van der Waals surface area contributed by atoms with E-state index < -0.39 is 75.5 Å². The molecule has 0 atom stereocenters. The Balaban J connectivity index is 4.69. The summed E-state index contributed by atoms with van der Waals surface area (Å²) >= 11 is 0. The van der Waals surface area contributed by atoms with E-state index in [-0.39, 0.29) is 0 Å². The topological polar surface area (TPSA) is 164 Å². The number of carbonyl (C=O) groups is 6. The number of ether oxygens (including phenoxy) is 6. The van der Waals surface area contributed by atoms with Crippen LogP contribution in [0.2, 0.25) is 0 Å². The molecule has 0 heterocycles. The quantitative estimate of drug-likeness (QED) is 0.211. The van der Waals surface area contributed by atoms with Crippen molar-refractivity contribution in [1.29, 1.82) is 0 Å². The lowest BCUT2D eigenvalue weighted by Gasteiger charge is -2.21. The van der Waals surface area contributed by atoms with Gasteiger partial charge < -0.3 is 28.4 Å². The molecule has 0 bridgehead atoms. The Hall–Kier alpha value is -3.58. The van der Waals surface area contributed by atoms with Gasteiger partial charge in [-0.15, -0.1) is 0 Å². The van der Waals surface area contributed by atoms with Crippen LogP contribution in [0.1, 0.15) is 0 Å². The highest BCUT2D eigenvalue weighted by Crippen LogP contribution is 2.00. The van der Waals surface area contributed by atoms with E-state index in [0.29, 0.717) is 0 Å². The maximum atomic E-state index is 12.0. The van der Waals surface area contributed by atoms with Gasteiger partial charge in [-0.25, -0.2) is 9.59 Å². The van der Waals surface area contributed by atoms with E-state index in [1.54, 1.807) is 0 Å². The summed E-state index contributed by atoms with van der Waals surface area (Å²) in [5.41, 5.74) is 0. The molecule has 2 amide bonds. The summed E-state index contributed by atoms with van der Waals surface area (Å²) in [6, 6.07) is 0. The lowest BCUT2D eigenvalue weighted by atomic mass is 10.5. The maximum absolute atomic E-state index is 12.0. The van der Waals surface area contributed by atoms with E-state index in [4.69, 9.17) is 9.47 Å². The number of esters is 4. The van der Waals surface area contributed by atoms with Gasteiger partial charge in [0, 0.05) is 0 Å². The van der Waals surface area contributed by atoms with Gasteiger partial charge in [0.25, 0.3) is 0 Å². The van der Waals surface area contributed by atoms with Crippen LogP contribution in [-0.4, -0.2) is 114 Å². The van der Waals surface area contributed by atoms with Crippen LogP contribution in [0.3, 0.4) is 0 Å². The lowest BCUT2D eigenvalue weighted by Crippen LogP contribution is -2.42. The van der Waals surface area contributed by atoms with Crippen molar-refractivity contribution in [1.82, 2.24) is 9.80 Å². The van der Waals surface area contributed by atoms with Crippen LogP contribution in [0, 0.1) is 0 Å². The standard InChI is InChI=1S/C16H24N2O12/c1-25-11(19)7-17(8-12(20)26-2)15(23)29-5-6-30-16(24)18(9-13(21)27-3)10-14(22)28-4/h5-10H2,1-4H3.